The summed E-state index contributed by atoms with van der Waals surface area (Å²) in [6.45, 7) is 3.91. The molecule has 2 aromatic rings. The van der Waals surface area contributed by atoms with Crippen molar-refractivity contribution in [2.75, 3.05) is 0 Å². The smallest absolute Gasteiger partial charge is 0.120 e. The van der Waals surface area contributed by atoms with Crippen LogP contribution in [0.1, 0.15) is 37.3 Å². The fourth-order valence-electron chi connectivity index (χ4n) is 1.97. The molecule has 1 heterocycles. The first-order valence-corrected chi connectivity index (χ1v) is 5.89. The summed E-state index contributed by atoms with van der Waals surface area (Å²) in [7, 11) is 0. The van der Waals surface area contributed by atoms with E-state index in [1.807, 2.05) is 26.0 Å². The second-order valence-electron chi connectivity index (χ2n) is 4.37. The van der Waals surface area contributed by atoms with E-state index >= 15 is 0 Å². The molecule has 0 radical (unpaired) electrons. The van der Waals surface area contributed by atoms with Crippen LogP contribution in [-0.4, -0.2) is 10.2 Å². The van der Waals surface area contributed by atoms with Crippen LogP contribution in [0.2, 0.25) is 0 Å². The van der Waals surface area contributed by atoms with E-state index in [1.54, 1.807) is 12.3 Å². The first-order chi connectivity index (χ1) is 8.58. The number of hydrogen-bond acceptors (Lipinski definition) is 4. The van der Waals surface area contributed by atoms with Gasteiger partial charge in [0.1, 0.15) is 17.3 Å². The average molecular weight is 247 g/mol. The van der Waals surface area contributed by atoms with E-state index in [0.717, 1.165) is 5.76 Å². The first-order valence-electron chi connectivity index (χ1n) is 5.89. The zero-order valence-corrected chi connectivity index (χ0v) is 10.4. The summed E-state index contributed by atoms with van der Waals surface area (Å²) in [5.74, 6) is 1.14. The predicted octanol–water partition coefficient (Wildman–Crippen LogP) is 3.10. The van der Waals surface area contributed by atoms with Crippen molar-refractivity contribution >= 4 is 0 Å². The van der Waals surface area contributed by atoms with Gasteiger partial charge in [-0.1, -0.05) is 0 Å². The topological polar surface area (TPSA) is 65.6 Å². The molecular formula is C14H17NO3. The van der Waals surface area contributed by atoms with Crippen molar-refractivity contribution in [3.63, 3.8) is 0 Å². The van der Waals surface area contributed by atoms with Crippen LogP contribution in [0.5, 0.6) is 11.5 Å². The number of furan rings is 1. The van der Waals surface area contributed by atoms with Gasteiger partial charge in [0, 0.05) is 11.6 Å². The highest BCUT2D eigenvalue weighted by Crippen LogP contribution is 2.29. The minimum atomic E-state index is -0.0998. The molecule has 0 saturated heterocycles. The molecule has 96 valence electrons. The van der Waals surface area contributed by atoms with E-state index in [-0.39, 0.29) is 23.6 Å². The van der Waals surface area contributed by atoms with E-state index in [4.69, 9.17) is 4.42 Å². The van der Waals surface area contributed by atoms with E-state index < -0.39 is 0 Å². The average Bonchev–Trinajstić information content (AvgIpc) is 2.85. The number of rotatable bonds is 4. The Morgan fingerprint density at radius 3 is 2.56 bits per heavy atom. The summed E-state index contributed by atoms with van der Waals surface area (Å²) in [5, 5.41) is 22.5. The lowest BCUT2D eigenvalue weighted by Gasteiger charge is -2.19. The summed E-state index contributed by atoms with van der Waals surface area (Å²) in [4.78, 5) is 0. The molecule has 0 spiro atoms. The standard InChI is InChI=1S/C14H17NO3/c1-9(12-8-11(16)5-6-13(12)17)15-10(2)14-4-3-7-18-14/h3-10,15-17H,1-2H3/t9?,10-/m1/s1. The Labute approximate surface area is 106 Å². The molecule has 1 aromatic carbocycles. The summed E-state index contributed by atoms with van der Waals surface area (Å²) >= 11 is 0. The molecule has 0 saturated carbocycles. The van der Waals surface area contributed by atoms with Crippen molar-refractivity contribution in [1.29, 1.82) is 0 Å². The fourth-order valence-corrected chi connectivity index (χ4v) is 1.97. The maximum atomic E-state index is 9.77. The second-order valence-corrected chi connectivity index (χ2v) is 4.37. The van der Waals surface area contributed by atoms with Gasteiger partial charge in [-0.3, -0.25) is 0 Å². The number of hydrogen-bond donors (Lipinski definition) is 3. The number of benzene rings is 1. The SMILES string of the molecule is CC(N[C@H](C)c1ccco1)c1cc(O)ccc1O. The van der Waals surface area contributed by atoms with Crippen molar-refractivity contribution in [3.05, 3.63) is 47.9 Å². The Bertz CT molecular complexity index is 508. The molecule has 1 aromatic heterocycles. The van der Waals surface area contributed by atoms with Gasteiger partial charge in [0.05, 0.1) is 12.3 Å². The molecule has 0 aliphatic rings. The molecule has 0 amide bonds. The van der Waals surface area contributed by atoms with Crippen LogP contribution in [0.25, 0.3) is 0 Å². The zero-order valence-electron chi connectivity index (χ0n) is 10.4. The lowest BCUT2D eigenvalue weighted by Crippen LogP contribution is -2.22. The van der Waals surface area contributed by atoms with E-state index in [9.17, 15) is 10.2 Å². The second kappa shape index (κ2) is 5.14. The highest BCUT2D eigenvalue weighted by Gasteiger charge is 2.16. The zero-order chi connectivity index (χ0) is 13.1. The van der Waals surface area contributed by atoms with Gasteiger partial charge in [-0.05, 0) is 44.2 Å². The van der Waals surface area contributed by atoms with Crippen LogP contribution in [0.15, 0.2) is 41.0 Å². The lowest BCUT2D eigenvalue weighted by atomic mass is 10.1. The third-order valence-corrected chi connectivity index (χ3v) is 2.95. The third-order valence-electron chi connectivity index (χ3n) is 2.95. The van der Waals surface area contributed by atoms with Crippen molar-refractivity contribution in [2.45, 2.75) is 25.9 Å². The summed E-state index contributed by atoms with van der Waals surface area (Å²) in [5.41, 5.74) is 0.661. The van der Waals surface area contributed by atoms with Gasteiger partial charge in [-0.15, -0.1) is 0 Å². The van der Waals surface area contributed by atoms with Gasteiger partial charge >= 0.3 is 0 Å². The molecular weight excluding hydrogens is 230 g/mol. The quantitative estimate of drug-likeness (QED) is 0.726. The Balaban J connectivity index is 2.12. The molecule has 0 fully saturated rings. The van der Waals surface area contributed by atoms with Gasteiger partial charge in [-0.2, -0.15) is 0 Å². The third kappa shape index (κ3) is 2.65. The normalized spacial score (nSPS) is 14.3. The molecule has 1 unspecified atom stereocenters. The monoisotopic (exact) mass is 247 g/mol. The van der Waals surface area contributed by atoms with Crippen LogP contribution >= 0.6 is 0 Å². The van der Waals surface area contributed by atoms with E-state index in [1.165, 1.54) is 12.1 Å². The molecule has 2 atom stereocenters. The van der Waals surface area contributed by atoms with Crippen LogP contribution in [0, 0.1) is 0 Å². The molecule has 3 N–H and O–H groups in total. The molecule has 4 heteroatoms. The Hall–Kier alpha value is -1.94. The largest absolute Gasteiger partial charge is 0.508 e. The fraction of sp³-hybridized carbons (Fsp3) is 0.286. The number of aromatic hydroxyl groups is 2. The maximum Gasteiger partial charge on any atom is 0.120 e. The van der Waals surface area contributed by atoms with Gasteiger partial charge in [0.25, 0.3) is 0 Å². The van der Waals surface area contributed by atoms with Gasteiger partial charge in [0.15, 0.2) is 0 Å². The summed E-state index contributed by atoms with van der Waals surface area (Å²) in [6, 6.07) is 8.16. The summed E-state index contributed by atoms with van der Waals surface area (Å²) < 4.78 is 5.31. The van der Waals surface area contributed by atoms with E-state index in [0.29, 0.717) is 5.56 Å². The van der Waals surface area contributed by atoms with E-state index in [2.05, 4.69) is 5.32 Å². The molecule has 0 bridgehead atoms. The molecule has 4 nitrogen and oxygen atoms in total. The van der Waals surface area contributed by atoms with Crippen LogP contribution in [-0.2, 0) is 0 Å². The van der Waals surface area contributed by atoms with Crippen molar-refractivity contribution in [3.8, 4) is 11.5 Å². The Morgan fingerprint density at radius 1 is 1.11 bits per heavy atom. The lowest BCUT2D eigenvalue weighted by molar-refractivity contribution is 0.390. The number of phenolic OH excluding ortho intramolecular Hbond substituents is 2. The van der Waals surface area contributed by atoms with Gasteiger partial charge in [0.2, 0.25) is 0 Å². The maximum absolute atomic E-state index is 9.77. The molecule has 18 heavy (non-hydrogen) atoms. The number of nitrogens with one attached hydrogen (secondary N) is 1. The highest BCUT2D eigenvalue weighted by atomic mass is 16.3. The minimum Gasteiger partial charge on any atom is -0.508 e. The van der Waals surface area contributed by atoms with Gasteiger partial charge < -0.3 is 19.9 Å². The predicted molar refractivity (Wildman–Crippen MR) is 68.4 cm³/mol. The Kier molecular flexibility index (Phi) is 3.58. The van der Waals surface area contributed by atoms with Crippen LogP contribution < -0.4 is 5.32 Å². The molecule has 0 aliphatic heterocycles. The number of phenols is 2. The van der Waals surface area contributed by atoms with Crippen molar-refractivity contribution in [2.24, 2.45) is 0 Å². The summed E-state index contributed by atoms with van der Waals surface area (Å²) in [6.07, 6.45) is 1.63. The van der Waals surface area contributed by atoms with Gasteiger partial charge in [-0.25, -0.2) is 0 Å². The molecule has 0 aliphatic carbocycles. The van der Waals surface area contributed by atoms with Crippen LogP contribution in [0.4, 0.5) is 0 Å². The van der Waals surface area contributed by atoms with Crippen LogP contribution in [0.3, 0.4) is 0 Å². The Morgan fingerprint density at radius 2 is 1.89 bits per heavy atom. The first kappa shape index (κ1) is 12.5. The van der Waals surface area contributed by atoms with Crippen molar-refractivity contribution in [1.82, 2.24) is 5.32 Å². The minimum absolute atomic E-state index is 0.0248. The highest BCUT2D eigenvalue weighted by molar-refractivity contribution is 5.40. The molecule has 2 rings (SSSR count). The van der Waals surface area contributed by atoms with Crippen molar-refractivity contribution < 1.29 is 14.6 Å².